The monoisotopic (exact) mass is 452 g/mol. The van der Waals surface area contributed by atoms with Gasteiger partial charge in [-0.2, -0.15) is 4.98 Å². The van der Waals surface area contributed by atoms with Crippen LogP contribution in [0.1, 0.15) is 35.8 Å². The second-order valence-corrected chi connectivity index (χ2v) is 8.49. The Labute approximate surface area is 191 Å². The molecule has 1 N–H and O–H groups in total. The molecule has 1 aliphatic heterocycles. The number of hydrogen-bond acceptors (Lipinski definition) is 5. The molecular formula is C24H25ClN4O3. The van der Waals surface area contributed by atoms with E-state index in [1.807, 2.05) is 31.2 Å². The fourth-order valence-corrected chi connectivity index (χ4v) is 3.86. The van der Waals surface area contributed by atoms with Crippen molar-refractivity contribution in [2.45, 2.75) is 32.1 Å². The first kappa shape index (κ1) is 22.0. The van der Waals surface area contributed by atoms with Crippen LogP contribution in [0, 0.1) is 6.92 Å². The van der Waals surface area contributed by atoms with E-state index in [-0.39, 0.29) is 30.7 Å². The number of aryl methyl sites for hydroxylation is 1. The predicted octanol–water partition coefficient (Wildman–Crippen LogP) is 3.76. The van der Waals surface area contributed by atoms with Crippen molar-refractivity contribution in [2.24, 2.45) is 0 Å². The van der Waals surface area contributed by atoms with Crippen LogP contribution in [0.3, 0.4) is 0 Å². The number of piperidine rings is 1. The van der Waals surface area contributed by atoms with Crippen molar-refractivity contribution in [3.8, 4) is 11.4 Å². The third kappa shape index (κ3) is 5.53. The number of hydrogen-bond donors (Lipinski definition) is 1. The highest BCUT2D eigenvalue weighted by Gasteiger charge is 2.27. The van der Waals surface area contributed by atoms with Crippen molar-refractivity contribution in [3.63, 3.8) is 0 Å². The lowest BCUT2D eigenvalue weighted by molar-refractivity contribution is -0.133. The molecule has 32 heavy (non-hydrogen) atoms. The van der Waals surface area contributed by atoms with Gasteiger partial charge < -0.3 is 14.7 Å². The first-order chi connectivity index (χ1) is 15.5. The molecule has 0 radical (unpaired) electrons. The average Bonchev–Trinajstić information content (AvgIpc) is 3.30. The molecule has 3 aromatic rings. The molecule has 1 saturated heterocycles. The molecule has 4 rings (SSSR count). The van der Waals surface area contributed by atoms with E-state index in [0.717, 1.165) is 24.0 Å². The minimum absolute atomic E-state index is 0.00474. The van der Waals surface area contributed by atoms with Gasteiger partial charge in [-0.3, -0.25) is 9.59 Å². The van der Waals surface area contributed by atoms with Crippen molar-refractivity contribution < 1.29 is 14.1 Å². The Kier molecular flexibility index (Phi) is 6.85. The normalized spacial score (nSPS) is 14.4. The Balaban J connectivity index is 1.23. The van der Waals surface area contributed by atoms with Crippen LogP contribution >= 0.6 is 11.6 Å². The zero-order valence-electron chi connectivity index (χ0n) is 17.9. The van der Waals surface area contributed by atoms with Gasteiger partial charge in [0, 0.05) is 29.6 Å². The van der Waals surface area contributed by atoms with Crippen molar-refractivity contribution in [2.75, 3.05) is 19.6 Å². The van der Waals surface area contributed by atoms with E-state index in [2.05, 4.69) is 15.5 Å². The fourth-order valence-electron chi connectivity index (χ4n) is 3.73. The SMILES string of the molecule is Cc1ccc(-c2noc(C3CCN(C(=O)CNC(=O)Cc4ccc(Cl)cc4)CC3)n2)cc1. The summed E-state index contributed by atoms with van der Waals surface area (Å²) >= 11 is 5.86. The van der Waals surface area contributed by atoms with Crippen LogP contribution < -0.4 is 5.32 Å². The van der Waals surface area contributed by atoms with Crippen molar-refractivity contribution in [1.82, 2.24) is 20.4 Å². The van der Waals surface area contributed by atoms with Crippen LogP contribution in [-0.4, -0.2) is 46.5 Å². The lowest BCUT2D eigenvalue weighted by Crippen LogP contribution is -2.44. The summed E-state index contributed by atoms with van der Waals surface area (Å²) in [5.74, 6) is 1.06. The fraction of sp³-hybridized carbons (Fsp3) is 0.333. The van der Waals surface area contributed by atoms with Gasteiger partial charge in [0.05, 0.1) is 13.0 Å². The van der Waals surface area contributed by atoms with E-state index < -0.39 is 0 Å². The number of benzene rings is 2. The first-order valence-electron chi connectivity index (χ1n) is 10.7. The lowest BCUT2D eigenvalue weighted by Gasteiger charge is -2.30. The summed E-state index contributed by atoms with van der Waals surface area (Å²) in [6, 6.07) is 15.1. The highest BCUT2D eigenvalue weighted by atomic mass is 35.5. The molecule has 166 valence electrons. The molecule has 2 heterocycles. The summed E-state index contributed by atoms with van der Waals surface area (Å²) in [5.41, 5.74) is 2.95. The summed E-state index contributed by atoms with van der Waals surface area (Å²) in [7, 11) is 0. The molecule has 2 amide bonds. The molecule has 0 atom stereocenters. The van der Waals surface area contributed by atoms with Gasteiger partial charge in [-0.25, -0.2) is 0 Å². The number of carbonyl (C=O) groups excluding carboxylic acids is 2. The first-order valence-corrected chi connectivity index (χ1v) is 11.1. The molecule has 0 unspecified atom stereocenters. The number of nitrogens with one attached hydrogen (secondary N) is 1. The van der Waals surface area contributed by atoms with Gasteiger partial charge in [-0.15, -0.1) is 0 Å². The number of carbonyl (C=O) groups is 2. The number of halogens is 1. The van der Waals surface area contributed by atoms with Crippen LogP contribution in [0.4, 0.5) is 0 Å². The van der Waals surface area contributed by atoms with Gasteiger partial charge in [0.1, 0.15) is 0 Å². The summed E-state index contributed by atoms with van der Waals surface area (Å²) < 4.78 is 5.50. The molecule has 0 spiro atoms. The van der Waals surface area contributed by atoms with Gasteiger partial charge >= 0.3 is 0 Å². The molecule has 1 fully saturated rings. The van der Waals surface area contributed by atoms with Crippen LogP contribution in [0.15, 0.2) is 53.1 Å². The minimum atomic E-state index is -0.190. The van der Waals surface area contributed by atoms with Crippen molar-refractivity contribution in [1.29, 1.82) is 0 Å². The van der Waals surface area contributed by atoms with Crippen molar-refractivity contribution >= 4 is 23.4 Å². The number of amides is 2. The lowest BCUT2D eigenvalue weighted by atomic mass is 9.96. The highest BCUT2D eigenvalue weighted by Crippen LogP contribution is 2.28. The Morgan fingerprint density at radius 3 is 2.47 bits per heavy atom. The Hall–Kier alpha value is -3.19. The number of rotatable bonds is 6. The summed E-state index contributed by atoms with van der Waals surface area (Å²) in [6.07, 6.45) is 1.72. The largest absolute Gasteiger partial charge is 0.347 e. The third-order valence-corrected chi connectivity index (χ3v) is 5.92. The van der Waals surface area contributed by atoms with E-state index in [1.165, 1.54) is 5.56 Å². The molecule has 8 heteroatoms. The quantitative estimate of drug-likeness (QED) is 0.615. The van der Waals surface area contributed by atoms with Crippen LogP contribution in [-0.2, 0) is 16.0 Å². The minimum Gasteiger partial charge on any atom is -0.347 e. The highest BCUT2D eigenvalue weighted by molar-refractivity contribution is 6.30. The second-order valence-electron chi connectivity index (χ2n) is 8.06. The molecule has 1 aromatic heterocycles. The molecule has 0 bridgehead atoms. The third-order valence-electron chi connectivity index (χ3n) is 5.66. The second kappa shape index (κ2) is 9.96. The standard InChI is InChI=1S/C24H25ClN4O3/c1-16-2-6-18(7-3-16)23-27-24(32-28-23)19-10-12-29(13-11-19)22(31)15-26-21(30)14-17-4-8-20(25)9-5-17/h2-9,19H,10-15H2,1H3,(H,26,30). The van der Waals surface area contributed by atoms with E-state index >= 15 is 0 Å². The van der Waals surface area contributed by atoms with Gasteiger partial charge in [0.15, 0.2) is 0 Å². The maximum atomic E-state index is 12.5. The van der Waals surface area contributed by atoms with Gasteiger partial charge in [-0.05, 0) is 37.5 Å². The van der Waals surface area contributed by atoms with Gasteiger partial charge in [0.25, 0.3) is 0 Å². The van der Waals surface area contributed by atoms with E-state index in [4.69, 9.17) is 16.1 Å². The molecule has 0 saturated carbocycles. The van der Waals surface area contributed by atoms with Crippen LogP contribution in [0.5, 0.6) is 0 Å². The van der Waals surface area contributed by atoms with E-state index in [0.29, 0.717) is 29.8 Å². The molecular weight excluding hydrogens is 428 g/mol. The van der Waals surface area contributed by atoms with Crippen LogP contribution in [0.2, 0.25) is 5.02 Å². The number of nitrogens with zero attached hydrogens (tertiary/aromatic N) is 3. The van der Waals surface area contributed by atoms with Gasteiger partial charge in [-0.1, -0.05) is 58.7 Å². The maximum Gasteiger partial charge on any atom is 0.241 e. The number of likely N-dealkylation sites (tertiary alicyclic amines) is 1. The predicted molar refractivity (Wildman–Crippen MR) is 121 cm³/mol. The summed E-state index contributed by atoms with van der Waals surface area (Å²) in [4.78, 5) is 31.0. The average molecular weight is 453 g/mol. The number of aromatic nitrogens is 2. The maximum absolute atomic E-state index is 12.5. The molecule has 1 aliphatic rings. The van der Waals surface area contributed by atoms with Crippen LogP contribution in [0.25, 0.3) is 11.4 Å². The smallest absolute Gasteiger partial charge is 0.241 e. The van der Waals surface area contributed by atoms with E-state index in [9.17, 15) is 9.59 Å². The zero-order valence-corrected chi connectivity index (χ0v) is 18.6. The van der Waals surface area contributed by atoms with Gasteiger partial charge in [0.2, 0.25) is 23.5 Å². The van der Waals surface area contributed by atoms with E-state index in [1.54, 1.807) is 29.2 Å². The summed E-state index contributed by atoms with van der Waals surface area (Å²) in [5, 5.41) is 7.44. The molecule has 7 nitrogen and oxygen atoms in total. The topological polar surface area (TPSA) is 88.3 Å². The Morgan fingerprint density at radius 1 is 1.09 bits per heavy atom. The Bertz CT molecular complexity index is 1070. The Morgan fingerprint density at radius 2 is 1.78 bits per heavy atom. The molecule has 2 aromatic carbocycles. The molecule has 0 aliphatic carbocycles. The van der Waals surface area contributed by atoms with Crippen molar-refractivity contribution in [3.05, 3.63) is 70.6 Å². The zero-order chi connectivity index (χ0) is 22.5. The summed E-state index contributed by atoms with van der Waals surface area (Å²) in [6.45, 7) is 3.22.